The molecule has 5 heteroatoms. The predicted molar refractivity (Wildman–Crippen MR) is 70.7 cm³/mol. The predicted octanol–water partition coefficient (Wildman–Crippen LogP) is 1.48. The maximum absolute atomic E-state index is 8.65. The highest BCUT2D eigenvalue weighted by Gasteiger charge is 2.04. The molecule has 3 N–H and O–H groups in total. The molecule has 1 aromatic rings. The molecule has 0 aromatic heterocycles. The van der Waals surface area contributed by atoms with Crippen LogP contribution in [0.3, 0.4) is 0 Å². The first-order chi connectivity index (χ1) is 8.17. The van der Waals surface area contributed by atoms with Crippen LogP contribution in [-0.2, 0) is 0 Å². The fourth-order valence-corrected chi connectivity index (χ4v) is 1.44. The van der Waals surface area contributed by atoms with Crippen molar-refractivity contribution in [2.75, 3.05) is 20.3 Å². The summed E-state index contributed by atoms with van der Waals surface area (Å²) in [6, 6.07) is 5.33. The molecule has 0 amide bonds. The van der Waals surface area contributed by atoms with E-state index < -0.39 is 0 Å². The number of hydrogen-bond acceptors (Lipinski definition) is 4. The highest BCUT2D eigenvalue weighted by atomic mass is 32.1. The van der Waals surface area contributed by atoms with Crippen LogP contribution in [0.2, 0.25) is 0 Å². The van der Waals surface area contributed by atoms with Crippen LogP contribution in [0.25, 0.3) is 0 Å². The van der Waals surface area contributed by atoms with Gasteiger partial charge in [0.2, 0.25) is 0 Å². The molecule has 0 saturated carbocycles. The molecule has 0 aliphatic carbocycles. The highest BCUT2D eigenvalue weighted by molar-refractivity contribution is 7.80. The van der Waals surface area contributed by atoms with E-state index in [0.717, 1.165) is 18.4 Å². The lowest BCUT2D eigenvalue weighted by Gasteiger charge is -2.10. The Hall–Kier alpha value is -1.33. The van der Waals surface area contributed by atoms with Gasteiger partial charge < -0.3 is 20.3 Å². The van der Waals surface area contributed by atoms with E-state index in [1.54, 1.807) is 25.3 Å². The fourth-order valence-electron chi connectivity index (χ4n) is 1.32. The van der Waals surface area contributed by atoms with Crippen molar-refractivity contribution in [3.05, 3.63) is 23.8 Å². The van der Waals surface area contributed by atoms with E-state index in [0.29, 0.717) is 23.1 Å². The zero-order valence-corrected chi connectivity index (χ0v) is 10.6. The van der Waals surface area contributed by atoms with Gasteiger partial charge in [0, 0.05) is 18.2 Å². The lowest BCUT2D eigenvalue weighted by Crippen LogP contribution is -2.10. The maximum Gasteiger partial charge on any atom is 0.123 e. The number of unbranched alkanes of at least 4 members (excludes halogenated alkanes) is 1. The lowest BCUT2D eigenvalue weighted by molar-refractivity contribution is 0.252. The minimum atomic E-state index is 0.180. The largest absolute Gasteiger partial charge is 0.497 e. The van der Waals surface area contributed by atoms with Gasteiger partial charge in [0.25, 0.3) is 0 Å². The zero-order valence-electron chi connectivity index (χ0n) is 9.81. The third-order valence-electron chi connectivity index (χ3n) is 2.22. The zero-order chi connectivity index (χ0) is 12.7. The molecule has 0 saturated heterocycles. The average molecular weight is 255 g/mol. The first-order valence-electron chi connectivity index (χ1n) is 5.40. The first-order valence-corrected chi connectivity index (χ1v) is 5.80. The summed E-state index contributed by atoms with van der Waals surface area (Å²) in [6.07, 6.45) is 1.53. The van der Waals surface area contributed by atoms with Gasteiger partial charge >= 0.3 is 0 Å². The molecule has 1 aromatic carbocycles. The molecule has 0 aliphatic heterocycles. The van der Waals surface area contributed by atoms with Gasteiger partial charge in [-0.05, 0) is 25.0 Å². The van der Waals surface area contributed by atoms with Crippen LogP contribution in [0, 0.1) is 0 Å². The van der Waals surface area contributed by atoms with Gasteiger partial charge in [-0.1, -0.05) is 12.2 Å². The summed E-state index contributed by atoms with van der Waals surface area (Å²) in [7, 11) is 1.58. The Morgan fingerprint density at radius 1 is 1.29 bits per heavy atom. The highest BCUT2D eigenvalue weighted by Crippen LogP contribution is 2.22. The topological polar surface area (TPSA) is 64.7 Å². The minimum Gasteiger partial charge on any atom is -0.497 e. The van der Waals surface area contributed by atoms with Crippen LogP contribution in [0.5, 0.6) is 11.5 Å². The fraction of sp³-hybridized carbons (Fsp3) is 0.417. The van der Waals surface area contributed by atoms with Crippen molar-refractivity contribution in [1.29, 1.82) is 0 Å². The second kappa shape index (κ2) is 7.09. The van der Waals surface area contributed by atoms with Crippen molar-refractivity contribution in [2.24, 2.45) is 5.73 Å². The second-order valence-electron chi connectivity index (χ2n) is 3.54. The minimum absolute atomic E-state index is 0.180. The molecule has 0 radical (unpaired) electrons. The number of rotatable bonds is 7. The van der Waals surface area contributed by atoms with E-state index in [1.807, 2.05) is 0 Å². The summed E-state index contributed by atoms with van der Waals surface area (Å²) in [5.74, 6) is 1.33. The Bertz CT molecular complexity index is 382. The summed E-state index contributed by atoms with van der Waals surface area (Å²) in [5, 5.41) is 8.65. The number of thiocarbonyl (C=S) groups is 1. The number of aliphatic hydroxyl groups is 1. The lowest BCUT2D eigenvalue weighted by atomic mass is 10.2. The summed E-state index contributed by atoms with van der Waals surface area (Å²) in [4.78, 5) is 0.309. The SMILES string of the molecule is COc1cc(OCCCCO)cc(C(N)=S)c1. The molecule has 0 heterocycles. The normalized spacial score (nSPS) is 10.0. The van der Waals surface area contributed by atoms with Crippen molar-refractivity contribution in [3.8, 4) is 11.5 Å². The Morgan fingerprint density at radius 3 is 2.59 bits per heavy atom. The van der Waals surface area contributed by atoms with Crippen LogP contribution in [0.15, 0.2) is 18.2 Å². The van der Waals surface area contributed by atoms with E-state index in [9.17, 15) is 0 Å². The monoisotopic (exact) mass is 255 g/mol. The smallest absolute Gasteiger partial charge is 0.123 e. The van der Waals surface area contributed by atoms with Gasteiger partial charge in [0.05, 0.1) is 13.7 Å². The molecule has 0 aliphatic rings. The molecule has 0 spiro atoms. The Morgan fingerprint density at radius 2 is 2.00 bits per heavy atom. The molecule has 17 heavy (non-hydrogen) atoms. The maximum atomic E-state index is 8.65. The number of aliphatic hydroxyl groups excluding tert-OH is 1. The van der Waals surface area contributed by atoms with E-state index in [1.165, 1.54) is 0 Å². The number of methoxy groups -OCH3 is 1. The van der Waals surface area contributed by atoms with E-state index in [-0.39, 0.29) is 6.61 Å². The summed E-state index contributed by atoms with van der Waals surface area (Å²) < 4.78 is 10.7. The van der Waals surface area contributed by atoms with Crippen LogP contribution in [-0.4, -0.2) is 30.4 Å². The van der Waals surface area contributed by atoms with Gasteiger partial charge in [-0.15, -0.1) is 0 Å². The standard InChI is InChI=1S/C12H17NO3S/c1-15-10-6-9(12(13)17)7-11(8-10)16-5-3-2-4-14/h6-8,14H,2-5H2,1H3,(H2,13,17). The van der Waals surface area contributed by atoms with Gasteiger partial charge in [0.15, 0.2) is 0 Å². The van der Waals surface area contributed by atoms with Crippen LogP contribution >= 0.6 is 12.2 Å². The Labute approximate surface area is 106 Å². The summed E-state index contributed by atoms with van der Waals surface area (Å²) >= 11 is 4.92. The van der Waals surface area contributed by atoms with Gasteiger partial charge in [0.1, 0.15) is 16.5 Å². The molecule has 0 fully saturated rings. The summed E-state index contributed by atoms with van der Waals surface area (Å²) in [6.45, 7) is 0.726. The van der Waals surface area contributed by atoms with Crippen LogP contribution in [0.1, 0.15) is 18.4 Å². The Balaban J connectivity index is 2.70. The summed E-state index contributed by atoms with van der Waals surface area (Å²) in [5.41, 5.74) is 6.29. The van der Waals surface area contributed by atoms with Crippen molar-refractivity contribution < 1.29 is 14.6 Å². The number of nitrogens with two attached hydrogens (primary N) is 1. The van der Waals surface area contributed by atoms with Crippen LogP contribution in [0.4, 0.5) is 0 Å². The number of hydrogen-bond donors (Lipinski definition) is 2. The number of ether oxygens (including phenoxy) is 2. The van der Waals surface area contributed by atoms with Crippen molar-refractivity contribution in [3.63, 3.8) is 0 Å². The first kappa shape index (κ1) is 13.7. The molecular formula is C12H17NO3S. The molecule has 94 valence electrons. The second-order valence-corrected chi connectivity index (χ2v) is 3.98. The molecule has 4 nitrogen and oxygen atoms in total. The molecular weight excluding hydrogens is 238 g/mol. The van der Waals surface area contributed by atoms with E-state index in [2.05, 4.69) is 0 Å². The van der Waals surface area contributed by atoms with Crippen molar-refractivity contribution in [2.45, 2.75) is 12.8 Å². The van der Waals surface area contributed by atoms with Gasteiger partial charge in [-0.25, -0.2) is 0 Å². The molecule has 0 unspecified atom stereocenters. The van der Waals surface area contributed by atoms with Gasteiger partial charge in [-0.2, -0.15) is 0 Å². The molecule has 1 rings (SSSR count). The van der Waals surface area contributed by atoms with Crippen LogP contribution < -0.4 is 15.2 Å². The van der Waals surface area contributed by atoms with Gasteiger partial charge in [-0.3, -0.25) is 0 Å². The van der Waals surface area contributed by atoms with E-state index in [4.69, 9.17) is 32.5 Å². The number of benzene rings is 1. The van der Waals surface area contributed by atoms with Crippen molar-refractivity contribution in [1.82, 2.24) is 0 Å². The van der Waals surface area contributed by atoms with E-state index >= 15 is 0 Å². The van der Waals surface area contributed by atoms with Crippen molar-refractivity contribution >= 4 is 17.2 Å². The molecule has 0 atom stereocenters. The molecule has 0 bridgehead atoms. The third-order valence-corrected chi connectivity index (χ3v) is 2.46. The third kappa shape index (κ3) is 4.58. The Kier molecular flexibility index (Phi) is 5.72. The quantitative estimate of drug-likeness (QED) is 0.571. The average Bonchev–Trinajstić information content (AvgIpc) is 2.34.